The number of benzene rings is 5. The summed E-state index contributed by atoms with van der Waals surface area (Å²) in [5.41, 5.74) is 3.58. The molecule has 0 saturated carbocycles. The van der Waals surface area contributed by atoms with Crippen molar-refractivity contribution >= 4 is 29.6 Å². The second-order valence-corrected chi connectivity index (χ2v) is 14.7. The van der Waals surface area contributed by atoms with Crippen molar-refractivity contribution in [1.29, 1.82) is 0 Å². The Kier molecular flexibility index (Phi) is 10.8. The van der Waals surface area contributed by atoms with Crippen LogP contribution in [0.3, 0.4) is 0 Å². The number of hydrogen-bond donors (Lipinski definition) is 1. The lowest BCUT2D eigenvalue weighted by Gasteiger charge is -2.43. The van der Waals surface area contributed by atoms with E-state index in [1.165, 1.54) is 0 Å². The van der Waals surface area contributed by atoms with E-state index in [0.717, 1.165) is 27.8 Å². The van der Waals surface area contributed by atoms with Gasteiger partial charge in [0.05, 0.1) is 19.5 Å². The predicted octanol–water partition coefficient (Wildman–Crippen LogP) is 9.53. The van der Waals surface area contributed by atoms with Crippen LogP contribution >= 0.6 is 11.6 Å². The maximum atomic E-state index is 14.6. The lowest BCUT2D eigenvalue weighted by atomic mass is 9.79. The molecular formula is C44H35ClF6N2O5. The van der Waals surface area contributed by atoms with Crippen LogP contribution in [0.1, 0.15) is 45.7 Å². The third kappa shape index (κ3) is 7.27. The van der Waals surface area contributed by atoms with Gasteiger partial charge in [-0.1, -0.05) is 138 Å². The smallest absolute Gasteiger partial charge is 0.407 e. The second kappa shape index (κ2) is 15.5. The van der Waals surface area contributed by atoms with Gasteiger partial charge in [0.15, 0.2) is 5.60 Å². The van der Waals surface area contributed by atoms with Gasteiger partial charge in [0, 0.05) is 27.6 Å². The summed E-state index contributed by atoms with van der Waals surface area (Å²) >= 11 is 6.75. The molecule has 300 valence electrons. The van der Waals surface area contributed by atoms with Gasteiger partial charge in [-0.05, 0) is 35.2 Å². The molecule has 58 heavy (non-hydrogen) atoms. The average molecular weight is 821 g/mol. The van der Waals surface area contributed by atoms with Crippen molar-refractivity contribution in [3.63, 3.8) is 0 Å². The first-order valence-corrected chi connectivity index (χ1v) is 18.6. The molecule has 7 nitrogen and oxygen atoms in total. The molecule has 5 aromatic carbocycles. The van der Waals surface area contributed by atoms with Gasteiger partial charge in [-0.2, -0.15) is 26.3 Å². The van der Waals surface area contributed by atoms with Gasteiger partial charge in [0.1, 0.15) is 12.6 Å². The molecule has 0 spiro atoms. The number of aryl methyl sites for hydroxylation is 1. The number of nitrogens with one attached hydrogen (secondary N) is 1. The number of ether oxygens (including phenoxy) is 2. The molecule has 1 aliphatic carbocycles. The number of rotatable bonds is 10. The number of esters is 1. The summed E-state index contributed by atoms with van der Waals surface area (Å²) in [7, 11) is 0. The Balaban J connectivity index is 1.22. The van der Waals surface area contributed by atoms with E-state index in [9.17, 15) is 40.7 Å². The molecule has 5 aromatic rings. The SMILES string of the molecule is Cc1ccc(C(OC(=O)C[C@H](NC(=O)OCC2c3ccccc3-c3ccccc32)C(=O)N2CC(F)(F)C(F)(F)C(F)(F)C2)(c2ccccc2)c2ccccc2Cl)cc1. The normalized spacial score (nSPS) is 17.9. The molecule has 2 atom stereocenters. The summed E-state index contributed by atoms with van der Waals surface area (Å²) in [5.74, 6) is -19.9. The minimum absolute atomic E-state index is 0.169. The topological polar surface area (TPSA) is 84.9 Å². The Hall–Kier alpha value is -5.82. The first-order chi connectivity index (χ1) is 27.6. The number of hydrogen-bond acceptors (Lipinski definition) is 5. The number of carbonyl (C=O) groups excluding carboxylic acids is 3. The first-order valence-electron chi connectivity index (χ1n) is 18.2. The first kappa shape index (κ1) is 40.4. The maximum Gasteiger partial charge on any atom is 0.407 e. The second-order valence-electron chi connectivity index (χ2n) is 14.3. The number of amides is 2. The van der Waals surface area contributed by atoms with Crippen LogP contribution in [0.5, 0.6) is 0 Å². The van der Waals surface area contributed by atoms with E-state index < -0.39 is 72.8 Å². The number of carbonyl (C=O) groups is 3. The monoisotopic (exact) mass is 820 g/mol. The molecular weight excluding hydrogens is 786 g/mol. The maximum absolute atomic E-state index is 14.6. The van der Waals surface area contributed by atoms with Gasteiger partial charge in [-0.15, -0.1) is 0 Å². The zero-order valence-corrected chi connectivity index (χ0v) is 31.5. The Morgan fingerprint density at radius 2 is 1.26 bits per heavy atom. The number of nitrogens with zero attached hydrogens (tertiary/aromatic N) is 1. The largest absolute Gasteiger partial charge is 0.449 e. The summed E-state index contributed by atoms with van der Waals surface area (Å²) in [6, 6.07) is 34.4. The molecule has 1 heterocycles. The summed E-state index contributed by atoms with van der Waals surface area (Å²) in [4.78, 5) is 41.5. The summed E-state index contributed by atoms with van der Waals surface area (Å²) in [5, 5.41) is 2.33. The van der Waals surface area contributed by atoms with Crippen LogP contribution < -0.4 is 5.32 Å². The highest BCUT2D eigenvalue weighted by Gasteiger charge is 2.75. The molecule has 0 radical (unpaired) electrons. The van der Waals surface area contributed by atoms with E-state index in [-0.39, 0.29) is 22.1 Å². The molecule has 7 rings (SSSR count). The minimum atomic E-state index is -5.79. The molecule has 1 aliphatic heterocycles. The fourth-order valence-electron chi connectivity index (χ4n) is 7.60. The highest BCUT2D eigenvalue weighted by atomic mass is 35.5. The highest BCUT2D eigenvalue weighted by Crippen LogP contribution is 2.50. The Morgan fingerprint density at radius 1 is 0.741 bits per heavy atom. The Bertz CT molecular complexity index is 2280. The number of alkyl halides is 6. The lowest BCUT2D eigenvalue weighted by Crippen LogP contribution is -2.69. The fraction of sp³-hybridized carbons (Fsp3) is 0.250. The van der Waals surface area contributed by atoms with Crippen molar-refractivity contribution in [3.8, 4) is 11.1 Å². The molecule has 0 bridgehead atoms. The van der Waals surface area contributed by atoms with E-state index in [1.54, 1.807) is 91.0 Å². The van der Waals surface area contributed by atoms with Crippen molar-refractivity contribution in [2.45, 2.75) is 48.7 Å². The van der Waals surface area contributed by atoms with Gasteiger partial charge in [-0.25, -0.2) is 4.79 Å². The molecule has 1 fully saturated rings. The molecule has 1 saturated heterocycles. The van der Waals surface area contributed by atoms with Gasteiger partial charge < -0.3 is 19.7 Å². The highest BCUT2D eigenvalue weighted by molar-refractivity contribution is 6.31. The summed E-state index contributed by atoms with van der Waals surface area (Å²) in [6.45, 7) is -2.69. The van der Waals surface area contributed by atoms with Crippen molar-refractivity contribution in [2.75, 3.05) is 19.7 Å². The standard InChI is InChI=1S/C44H35ClF6N2O5/c1-27-19-21-29(22-20-27)43(28-11-3-2-4-12-28,35-17-9-10-18-36(35)45)58-38(54)23-37(39(55)53-25-41(46,47)44(50,51)42(48,49)26-53)52-40(56)57-24-34-32-15-7-5-13-30(32)31-14-6-8-16-33(31)34/h2-22,34,37H,23-26H2,1H3,(H,52,56)/t37-,43?/m0/s1. The van der Waals surface area contributed by atoms with E-state index in [2.05, 4.69) is 5.32 Å². The fourth-order valence-corrected chi connectivity index (χ4v) is 7.87. The number of halogens is 7. The van der Waals surface area contributed by atoms with Crippen LogP contribution in [-0.2, 0) is 24.7 Å². The molecule has 2 amide bonds. The number of fused-ring (bicyclic) bond motifs is 3. The zero-order chi connectivity index (χ0) is 41.5. The summed E-state index contributed by atoms with van der Waals surface area (Å²) < 4.78 is 98.7. The van der Waals surface area contributed by atoms with Crippen molar-refractivity contribution in [3.05, 3.63) is 166 Å². The van der Waals surface area contributed by atoms with Crippen LogP contribution in [0.15, 0.2) is 127 Å². The van der Waals surface area contributed by atoms with Crippen molar-refractivity contribution < 1.29 is 50.2 Å². The van der Waals surface area contributed by atoms with E-state index in [0.29, 0.717) is 11.1 Å². The van der Waals surface area contributed by atoms with Crippen LogP contribution in [0.4, 0.5) is 31.1 Å². The molecule has 1 N–H and O–H groups in total. The van der Waals surface area contributed by atoms with Crippen LogP contribution in [0, 0.1) is 6.92 Å². The molecule has 2 aliphatic rings. The van der Waals surface area contributed by atoms with Gasteiger partial charge in [0.25, 0.3) is 0 Å². The van der Waals surface area contributed by atoms with E-state index in [4.69, 9.17) is 21.1 Å². The number of alkyl carbamates (subject to hydrolysis) is 1. The zero-order valence-electron chi connectivity index (χ0n) is 30.7. The quantitative estimate of drug-likeness (QED) is 0.0863. The van der Waals surface area contributed by atoms with Crippen LogP contribution in [-0.4, -0.2) is 66.4 Å². The lowest BCUT2D eigenvalue weighted by molar-refractivity contribution is -0.335. The number of likely N-dealkylation sites (tertiary alicyclic amines) is 1. The van der Waals surface area contributed by atoms with Crippen LogP contribution in [0.2, 0.25) is 5.02 Å². The van der Waals surface area contributed by atoms with E-state index >= 15 is 0 Å². The third-order valence-corrected chi connectivity index (χ3v) is 10.8. The number of piperidine rings is 1. The molecule has 0 aromatic heterocycles. The summed E-state index contributed by atoms with van der Waals surface area (Å²) in [6.07, 6.45) is -2.44. The van der Waals surface area contributed by atoms with Gasteiger partial charge >= 0.3 is 29.8 Å². The predicted molar refractivity (Wildman–Crippen MR) is 203 cm³/mol. The van der Waals surface area contributed by atoms with Crippen molar-refractivity contribution in [1.82, 2.24) is 10.2 Å². The molecule has 14 heteroatoms. The van der Waals surface area contributed by atoms with Gasteiger partial charge in [-0.3, -0.25) is 9.59 Å². The average Bonchev–Trinajstić information content (AvgIpc) is 3.52. The minimum Gasteiger partial charge on any atom is -0.449 e. The Morgan fingerprint density at radius 3 is 1.84 bits per heavy atom. The van der Waals surface area contributed by atoms with Crippen LogP contribution in [0.25, 0.3) is 11.1 Å². The van der Waals surface area contributed by atoms with Crippen molar-refractivity contribution in [2.24, 2.45) is 0 Å². The molecule has 1 unspecified atom stereocenters. The van der Waals surface area contributed by atoms with Gasteiger partial charge in [0.2, 0.25) is 5.91 Å². The third-order valence-electron chi connectivity index (χ3n) is 10.5. The van der Waals surface area contributed by atoms with E-state index in [1.807, 2.05) is 43.3 Å². The Labute approximate surface area is 334 Å².